The summed E-state index contributed by atoms with van der Waals surface area (Å²) in [6.45, 7) is 6.25. The Labute approximate surface area is 160 Å². The number of nitrogens with zero attached hydrogens (tertiary/aromatic N) is 4. The molecular weight excluding hydrogens is 344 g/mol. The number of ether oxygens (including phenoxy) is 1. The lowest BCUT2D eigenvalue weighted by Crippen LogP contribution is -2.53. The van der Waals surface area contributed by atoms with Crippen LogP contribution in [0.15, 0.2) is 0 Å². The maximum atomic E-state index is 13.1. The van der Waals surface area contributed by atoms with E-state index in [1.54, 1.807) is 9.58 Å². The fourth-order valence-electron chi connectivity index (χ4n) is 4.94. The van der Waals surface area contributed by atoms with E-state index in [0.717, 1.165) is 17.8 Å². The summed E-state index contributed by atoms with van der Waals surface area (Å²) < 4.78 is 7.64. The Kier molecular flexibility index (Phi) is 4.97. The Morgan fingerprint density at radius 1 is 1.22 bits per heavy atom. The first kappa shape index (κ1) is 18.5. The Morgan fingerprint density at radius 2 is 1.96 bits per heavy atom. The Morgan fingerprint density at radius 3 is 2.67 bits per heavy atom. The van der Waals surface area contributed by atoms with Gasteiger partial charge in [-0.05, 0) is 32.6 Å². The summed E-state index contributed by atoms with van der Waals surface area (Å²) in [5.74, 6) is 0.584. The molecule has 1 saturated heterocycles. The largest absolute Gasteiger partial charge is 0.369 e. The molecule has 1 aliphatic carbocycles. The van der Waals surface area contributed by atoms with Gasteiger partial charge in [0.25, 0.3) is 5.91 Å². The third-order valence-electron chi connectivity index (χ3n) is 6.27. The lowest BCUT2D eigenvalue weighted by molar-refractivity contribution is -0.135. The third kappa shape index (κ3) is 3.49. The molecule has 148 valence electrons. The number of hydrogen-bond donors (Lipinski definition) is 0. The second kappa shape index (κ2) is 7.26. The van der Waals surface area contributed by atoms with E-state index in [-0.39, 0.29) is 30.6 Å². The fraction of sp³-hybridized carbons (Fsp3) is 0.750. The van der Waals surface area contributed by atoms with Gasteiger partial charge in [0.05, 0.1) is 17.9 Å². The van der Waals surface area contributed by atoms with Crippen LogP contribution in [0.2, 0.25) is 0 Å². The summed E-state index contributed by atoms with van der Waals surface area (Å²) >= 11 is 0. The van der Waals surface area contributed by atoms with Gasteiger partial charge >= 0.3 is 0 Å². The number of fused-ring (bicyclic) bond motifs is 1. The van der Waals surface area contributed by atoms with Crippen molar-refractivity contribution in [3.63, 3.8) is 0 Å². The summed E-state index contributed by atoms with van der Waals surface area (Å²) in [5, 5.41) is 4.50. The van der Waals surface area contributed by atoms with Crippen LogP contribution in [-0.2, 0) is 23.0 Å². The molecule has 1 aromatic rings. The van der Waals surface area contributed by atoms with Crippen molar-refractivity contribution in [3.8, 4) is 0 Å². The topological polar surface area (TPSA) is 67.7 Å². The number of aromatic nitrogens is 2. The van der Waals surface area contributed by atoms with E-state index < -0.39 is 0 Å². The summed E-state index contributed by atoms with van der Waals surface area (Å²) in [5.41, 5.74) is 2.45. The van der Waals surface area contributed by atoms with Crippen molar-refractivity contribution < 1.29 is 14.3 Å². The molecular formula is C20H30N4O3. The molecule has 4 rings (SSSR count). The van der Waals surface area contributed by atoms with Crippen LogP contribution in [0.3, 0.4) is 0 Å². The monoisotopic (exact) mass is 374 g/mol. The first-order chi connectivity index (χ1) is 12.9. The Hall–Kier alpha value is -1.89. The van der Waals surface area contributed by atoms with Crippen molar-refractivity contribution >= 4 is 11.8 Å². The van der Waals surface area contributed by atoms with Gasteiger partial charge in [-0.1, -0.05) is 12.8 Å². The highest BCUT2D eigenvalue weighted by atomic mass is 16.5. The third-order valence-corrected chi connectivity index (χ3v) is 6.27. The second-order valence-electron chi connectivity index (χ2n) is 8.35. The minimum atomic E-state index is -0.123. The summed E-state index contributed by atoms with van der Waals surface area (Å²) in [6.07, 6.45) is 5.69. The molecule has 2 amide bonds. The van der Waals surface area contributed by atoms with E-state index in [0.29, 0.717) is 31.1 Å². The summed E-state index contributed by atoms with van der Waals surface area (Å²) in [7, 11) is 1.86. The van der Waals surface area contributed by atoms with Crippen LogP contribution in [0.4, 0.5) is 0 Å². The molecule has 0 radical (unpaired) electrons. The highest BCUT2D eigenvalue weighted by molar-refractivity contribution is 5.97. The van der Waals surface area contributed by atoms with Crippen molar-refractivity contribution in [1.29, 1.82) is 0 Å². The van der Waals surface area contributed by atoms with Crippen molar-refractivity contribution in [2.75, 3.05) is 26.2 Å². The van der Waals surface area contributed by atoms with Crippen molar-refractivity contribution in [2.45, 2.75) is 58.2 Å². The van der Waals surface area contributed by atoms with E-state index in [1.807, 2.05) is 25.8 Å². The predicted molar refractivity (Wildman–Crippen MR) is 100 cm³/mol. The van der Waals surface area contributed by atoms with Gasteiger partial charge < -0.3 is 14.5 Å². The Bertz CT molecular complexity index is 738. The number of carbonyl (C=O) groups excluding carboxylic acids is 2. The van der Waals surface area contributed by atoms with Gasteiger partial charge in [0, 0.05) is 38.7 Å². The molecule has 7 nitrogen and oxygen atoms in total. The van der Waals surface area contributed by atoms with Crippen LogP contribution in [0.5, 0.6) is 0 Å². The molecule has 0 spiro atoms. The number of piperazine rings is 1. The first-order valence-corrected chi connectivity index (χ1v) is 10.2. The normalized spacial score (nSPS) is 26.6. The van der Waals surface area contributed by atoms with Crippen LogP contribution in [0.1, 0.15) is 67.4 Å². The molecule has 3 heterocycles. The molecule has 7 heteroatoms. The lowest BCUT2D eigenvalue weighted by Gasteiger charge is -2.35. The van der Waals surface area contributed by atoms with Crippen LogP contribution in [-0.4, -0.2) is 63.7 Å². The molecule has 0 N–H and O–H groups in total. The summed E-state index contributed by atoms with van der Waals surface area (Å²) in [6, 6.07) is 0. The minimum absolute atomic E-state index is 0.0631. The number of hydrogen-bond acceptors (Lipinski definition) is 4. The highest BCUT2D eigenvalue weighted by Crippen LogP contribution is 2.32. The molecule has 27 heavy (non-hydrogen) atoms. The zero-order valence-corrected chi connectivity index (χ0v) is 16.6. The van der Waals surface area contributed by atoms with Crippen LogP contribution in [0.25, 0.3) is 0 Å². The van der Waals surface area contributed by atoms with Crippen LogP contribution < -0.4 is 0 Å². The molecule has 3 aliphatic rings. The molecule has 0 unspecified atom stereocenters. The lowest BCUT2D eigenvalue weighted by atomic mass is 9.99. The molecule has 1 aromatic heterocycles. The average molecular weight is 374 g/mol. The van der Waals surface area contributed by atoms with E-state index in [4.69, 9.17) is 4.74 Å². The number of amides is 2. The van der Waals surface area contributed by atoms with E-state index in [9.17, 15) is 9.59 Å². The molecule has 2 fully saturated rings. The molecule has 2 atom stereocenters. The van der Waals surface area contributed by atoms with E-state index >= 15 is 0 Å². The molecule has 1 saturated carbocycles. The molecule has 2 aliphatic heterocycles. The van der Waals surface area contributed by atoms with Gasteiger partial charge in [-0.15, -0.1) is 0 Å². The van der Waals surface area contributed by atoms with Crippen molar-refractivity contribution in [2.24, 2.45) is 13.0 Å². The van der Waals surface area contributed by atoms with Gasteiger partial charge in [-0.3, -0.25) is 14.3 Å². The van der Waals surface area contributed by atoms with Gasteiger partial charge in [0.15, 0.2) is 5.69 Å². The number of rotatable bonds is 3. The van der Waals surface area contributed by atoms with Gasteiger partial charge in [0.2, 0.25) is 5.91 Å². The van der Waals surface area contributed by atoms with Gasteiger partial charge in [-0.2, -0.15) is 5.10 Å². The fourth-order valence-corrected chi connectivity index (χ4v) is 4.94. The summed E-state index contributed by atoms with van der Waals surface area (Å²) in [4.78, 5) is 29.4. The maximum Gasteiger partial charge on any atom is 0.275 e. The minimum Gasteiger partial charge on any atom is -0.369 e. The number of aryl methyl sites for hydroxylation is 1. The van der Waals surface area contributed by atoms with Crippen molar-refractivity contribution in [1.82, 2.24) is 19.6 Å². The van der Waals surface area contributed by atoms with Crippen LogP contribution >= 0.6 is 0 Å². The quantitative estimate of drug-likeness (QED) is 0.811. The van der Waals surface area contributed by atoms with E-state index in [1.165, 1.54) is 25.7 Å². The zero-order chi connectivity index (χ0) is 19.1. The predicted octanol–water partition coefficient (Wildman–Crippen LogP) is 1.92. The Balaban J connectivity index is 1.47. The standard InChI is InChI=1S/C20H30N4O3/c1-13-10-16-18(21-22(3)19(16)14(2)27-13)20(26)24-9-8-23(17(25)12-24)11-15-6-4-5-7-15/h13-15H,4-12H2,1-3H3/t13-,14+/m1/s1. The maximum absolute atomic E-state index is 13.1. The van der Waals surface area contributed by atoms with Crippen LogP contribution in [0, 0.1) is 5.92 Å². The molecule has 0 aromatic carbocycles. The number of carbonyl (C=O) groups is 2. The van der Waals surface area contributed by atoms with E-state index in [2.05, 4.69) is 5.10 Å². The second-order valence-corrected chi connectivity index (χ2v) is 8.35. The SMILES string of the molecule is C[C@@H]1Cc2c(C(=O)N3CCN(CC4CCCC4)C(=O)C3)nn(C)c2[C@H](C)O1. The highest BCUT2D eigenvalue weighted by Gasteiger charge is 2.35. The van der Waals surface area contributed by atoms with Gasteiger partial charge in [-0.25, -0.2) is 0 Å². The van der Waals surface area contributed by atoms with Gasteiger partial charge in [0.1, 0.15) is 6.54 Å². The smallest absolute Gasteiger partial charge is 0.275 e. The first-order valence-electron chi connectivity index (χ1n) is 10.2. The average Bonchev–Trinajstić information content (AvgIpc) is 3.24. The van der Waals surface area contributed by atoms with Crippen molar-refractivity contribution in [3.05, 3.63) is 17.0 Å². The zero-order valence-electron chi connectivity index (χ0n) is 16.6. The molecule has 0 bridgehead atoms.